The van der Waals surface area contributed by atoms with E-state index in [2.05, 4.69) is 20.6 Å². The summed E-state index contributed by atoms with van der Waals surface area (Å²) in [5.74, 6) is 0.552. The summed E-state index contributed by atoms with van der Waals surface area (Å²) in [5.41, 5.74) is 4.50. The predicted octanol–water partition coefficient (Wildman–Crippen LogP) is 5.93. The molecule has 1 aliphatic carbocycles. The maximum atomic E-state index is 12.7. The summed E-state index contributed by atoms with van der Waals surface area (Å²) in [6.45, 7) is 0. The van der Waals surface area contributed by atoms with Gasteiger partial charge in [-0.2, -0.15) is 0 Å². The van der Waals surface area contributed by atoms with Crippen LogP contribution in [0.1, 0.15) is 59.2 Å². The SMILES string of the molecule is O=C(Nc1ccc2nc(-c3ccc(C(=O)NC4CCCCCC4)cc3)[nH]c2c1)c1ccccc1. The molecular weight excluding hydrogens is 424 g/mol. The van der Waals surface area contributed by atoms with Crippen molar-refractivity contribution in [1.82, 2.24) is 15.3 Å². The zero-order valence-electron chi connectivity index (χ0n) is 19.0. The smallest absolute Gasteiger partial charge is 0.255 e. The molecule has 0 aliphatic heterocycles. The van der Waals surface area contributed by atoms with Crippen LogP contribution < -0.4 is 10.6 Å². The number of aromatic nitrogens is 2. The Balaban J connectivity index is 1.28. The maximum Gasteiger partial charge on any atom is 0.255 e. The van der Waals surface area contributed by atoms with Gasteiger partial charge in [0.2, 0.25) is 0 Å². The molecule has 34 heavy (non-hydrogen) atoms. The minimum Gasteiger partial charge on any atom is -0.349 e. The van der Waals surface area contributed by atoms with Gasteiger partial charge in [0, 0.05) is 28.4 Å². The van der Waals surface area contributed by atoms with E-state index in [1.807, 2.05) is 60.7 Å². The normalized spacial score (nSPS) is 14.5. The first kappa shape index (κ1) is 21.9. The van der Waals surface area contributed by atoms with Gasteiger partial charge in [0.15, 0.2) is 0 Å². The molecule has 0 saturated heterocycles. The summed E-state index contributed by atoms with van der Waals surface area (Å²) in [6.07, 6.45) is 7.04. The Labute approximate surface area is 198 Å². The van der Waals surface area contributed by atoms with Crippen molar-refractivity contribution >= 4 is 28.5 Å². The highest BCUT2D eigenvalue weighted by Gasteiger charge is 2.16. The van der Waals surface area contributed by atoms with Crippen molar-refractivity contribution in [3.63, 3.8) is 0 Å². The first-order valence-electron chi connectivity index (χ1n) is 11.9. The average Bonchev–Trinajstić information content (AvgIpc) is 3.13. The van der Waals surface area contributed by atoms with Crippen molar-refractivity contribution in [3.05, 3.63) is 83.9 Å². The lowest BCUT2D eigenvalue weighted by Gasteiger charge is -2.16. The molecule has 0 spiro atoms. The van der Waals surface area contributed by atoms with Gasteiger partial charge in [-0.25, -0.2) is 4.98 Å². The van der Waals surface area contributed by atoms with Gasteiger partial charge in [-0.3, -0.25) is 9.59 Å². The van der Waals surface area contributed by atoms with Crippen LogP contribution in [-0.4, -0.2) is 27.8 Å². The fourth-order valence-corrected chi connectivity index (χ4v) is 4.49. The lowest BCUT2D eigenvalue weighted by molar-refractivity contribution is 0.0932. The van der Waals surface area contributed by atoms with E-state index in [1.165, 1.54) is 25.7 Å². The quantitative estimate of drug-likeness (QED) is 0.328. The van der Waals surface area contributed by atoms with Crippen LogP contribution >= 0.6 is 0 Å². The van der Waals surface area contributed by atoms with Crippen molar-refractivity contribution in [2.45, 2.75) is 44.6 Å². The van der Waals surface area contributed by atoms with Crippen LogP contribution in [0.15, 0.2) is 72.8 Å². The van der Waals surface area contributed by atoms with Gasteiger partial charge in [-0.15, -0.1) is 0 Å². The standard InChI is InChI=1S/C28H28N4O2/c33-27(20-8-4-3-5-9-20)30-23-16-17-24-25(18-23)32-26(31-24)19-12-14-21(15-13-19)28(34)29-22-10-6-1-2-7-11-22/h3-5,8-9,12-18,22H,1-2,6-7,10-11H2,(H,29,34)(H,30,33)(H,31,32). The number of imidazole rings is 1. The Bertz CT molecular complexity index is 1290. The molecule has 6 heteroatoms. The molecule has 0 unspecified atom stereocenters. The highest BCUT2D eigenvalue weighted by molar-refractivity contribution is 6.05. The third kappa shape index (κ3) is 5.01. The Hall–Kier alpha value is -3.93. The molecule has 1 fully saturated rings. The van der Waals surface area contributed by atoms with Gasteiger partial charge in [-0.05, 0) is 55.3 Å². The molecule has 5 rings (SSSR count). The molecule has 1 saturated carbocycles. The second kappa shape index (κ2) is 9.91. The van der Waals surface area contributed by atoms with E-state index in [1.54, 1.807) is 12.1 Å². The van der Waals surface area contributed by atoms with E-state index in [9.17, 15) is 9.59 Å². The summed E-state index contributed by atoms with van der Waals surface area (Å²) in [6, 6.07) is 22.5. The summed E-state index contributed by atoms with van der Waals surface area (Å²) in [5, 5.41) is 6.12. The summed E-state index contributed by atoms with van der Waals surface area (Å²) >= 11 is 0. The molecule has 6 nitrogen and oxygen atoms in total. The number of H-pyrrole nitrogens is 1. The van der Waals surface area contributed by atoms with Gasteiger partial charge in [0.25, 0.3) is 11.8 Å². The minimum atomic E-state index is -0.155. The van der Waals surface area contributed by atoms with Crippen molar-refractivity contribution in [1.29, 1.82) is 0 Å². The Kier molecular flexibility index (Phi) is 6.38. The van der Waals surface area contributed by atoms with Gasteiger partial charge in [0.05, 0.1) is 11.0 Å². The number of anilines is 1. The first-order valence-corrected chi connectivity index (χ1v) is 11.9. The zero-order valence-corrected chi connectivity index (χ0v) is 19.0. The molecule has 1 aromatic heterocycles. The van der Waals surface area contributed by atoms with Crippen LogP contribution in [0.4, 0.5) is 5.69 Å². The number of carbonyl (C=O) groups is 2. The Morgan fingerprint density at radius 3 is 2.24 bits per heavy atom. The van der Waals surface area contributed by atoms with E-state index < -0.39 is 0 Å². The molecule has 0 bridgehead atoms. The fourth-order valence-electron chi connectivity index (χ4n) is 4.49. The third-order valence-corrected chi connectivity index (χ3v) is 6.39. The van der Waals surface area contributed by atoms with E-state index in [4.69, 9.17) is 0 Å². The van der Waals surface area contributed by atoms with Gasteiger partial charge >= 0.3 is 0 Å². The number of hydrogen-bond acceptors (Lipinski definition) is 3. The summed E-state index contributed by atoms with van der Waals surface area (Å²) < 4.78 is 0. The highest BCUT2D eigenvalue weighted by atomic mass is 16.2. The van der Waals surface area contributed by atoms with Crippen LogP contribution in [0.3, 0.4) is 0 Å². The number of nitrogens with zero attached hydrogens (tertiary/aromatic N) is 1. The van der Waals surface area contributed by atoms with E-state index >= 15 is 0 Å². The number of rotatable bonds is 5. The molecule has 1 aliphatic rings. The molecular formula is C28H28N4O2. The number of carbonyl (C=O) groups excluding carboxylic acids is 2. The lowest BCUT2D eigenvalue weighted by Crippen LogP contribution is -2.34. The van der Waals surface area contributed by atoms with Crippen LogP contribution in [0.25, 0.3) is 22.4 Å². The van der Waals surface area contributed by atoms with E-state index in [0.29, 0.717) is 16.8 Å². The Morgan fingerprint density at radius 1 is 0.794 bits per heavy atom. The van der Waals surface area contributed by atoms with Gasteiger partial charge in [-0.1, -0.05) is 56.0 Å². The van der Waals surface area contributed by atoms with Gasteiger partial charge in [0.1, 0.15) is 5.82 Å². The van der Waals surface area contributed by atoms with E-state index in [0.717, 1.165) is 35.3 Å². The number of fused-ring (bicyclic) bond motifs is 1. The number of aromatic amines is 1. The molecule has 2 amide bonds. The van der Waals surface area contributed by atoms with Crippen LogP contribution in [0, 0.1) is 0 Å². The first-order chi connectivity index (χ1) is 16.7. The molecule has 0 atom stereocenters. The Morgan fingerprint density at radius 2 is 1.50 bits per heavy atom. The van der Waals surface area contributed by atoms with Crippen LogP contribution in [0.2, 0.25) is 0 Å². The number of nitrogens with one attached hydrogen (secondary N) is 3. The summed E-state index contributed by atoms with van der Waals surface area (Å²) in [7, 11) is 0. The third-order valence-electron chi connectivity index (χ3n) is 6.39. The second-order valence-corrected chi connectivity index (χ2v) is 8.88. The molecule has 3 N–H and O–H groups in total. The average molecular weight is 453 g/mol. The number of hydrogen-bond donors (Lipinski definition) is 3. The monoisotopic (exact) mass is 452 g/mol. The molecule has 3 aromatic carbocycles. The molecule has 172 valence electrons. The predicted molar refractivity (Wildman–Crippen MR) is 135 cm³/mol. The molecule has 1 heterocycles. The van der Waals surface area contributed by atoms with Crippen molar-refractivity contribution in [2.24, 2.45) is 0 Å². The lowest BCUT2D eigenvalue weighted by atomic mass is 10.1. The minimum absolute atomic E-state index is 0.0122. The number of benzene rings is 3. The van der Waals surface area contributed by atoms with Crippen LogP contribution in [0.5, 0.6) is 0 Å². The van der Waals surface area contributed by atoms with Crippen molar-refractivity contribution < 1.29 is 9.59 Å². The zero-order chi connectivity index (χ0) is 23.3. The topological polar surface area (TPSA) is 86.9 Å². The van der Waals surface area contributed by atoms with Crippen molar-refractivity contribution in [3.8, 4) is 11.4 Å². The second-order valence-electron chi connectivity index (χ2n) is 8.88. The van der Waals surface area contributed by atoms with Crippen LogP contribution in [-0.2, 0) is 0 Å². The van der Waals surface area contributed by atoms with Crippen molar-refractivity contribution in [2.75, 3.05) is 5.32 Å². The largest absolute Gasteiger partial charge is 0.349 e. The van der Waals surface area contributed by atoms with E-state index in [-0.39, 0.29) is 17.9 Å². The molecule has 0 radical (unpaired) electrons. The van der Waals surface area contributed by atoms with Gasteiger partial charge < -0.3 is 15.6 Å². The maximum absolute atomic E-state index is 12.7. The fraction of sp³-hybridized carbons (Fsp3) is 0.250. The highest BCUT2D eigenvalue weighted by Crippen LogP contribution is 2.24. The molecule has 4 aromatic rings. The number of amides is 2. The summed E-state index contributed by atoms with van der Waals surface area (Å²) in [4.78, 5) is 33.1.